The molecule has 0 saturated carbocycles. The fraction of sp³-hybridized carbons (Fsp3) is 0.889. The number of aliphatic imine (C=N–C) groups is 1. The molecule has 1 rings (SSSR count). The third kappa shape index (κ3) is 11.6. The summed E-state index contributed by atoms with van der Waals surface area (Å²) in [6, 6.07) is 0.337. The lowest BCUT2D eigenvalue weighted by atomic mass is 10.0. The largest absolute Gasteiger partial charge is 0.381 e. The van der Waals surface area contributed by atoms with E-state index in [1.54, 1.807) is 19.0 Å². The van der Waals surface area contributed by atoms with Crippen LogP contribution >= 0.6 is 24.0 Å². The Balaban J connectivity index is 0.00000576. The van der Waals surface area contributed by atoms with Crippen molar-refractivity contribution in [2.75, 3.05) is 40.4 Å². The topological polar surface area (TPSA) is 66.0 Å². The van der Waals surface area contributed by atoms with E-state index in [1.807, 2.05) is 0 Å². The van der Waals surface area contributed by atoms with Gasteiger partial charge in [-0.2, -0.15) is 0 Å². The summed E-state index contributed by atoms with van der Waals surface area (Å²) in [6.07, 6.45) is 4.63. The maximum Gasteiger partial charge on any atom is 0.243 e. The van der Waals surface area contributed by atoms with Crippen LogP contribution in [-0.4, -0.2) is 63.2 Å². The number of rotatable bonds is 9. The molecule has 6 nitrogen and oxygen atoms in total. The van der Waals surface area contributed by atoms with Crippen LogP contribution in [0.1, 0.15) is 46.5 Å². The van der Waals surface area contributed by atoms with E-state index in [9.17, 15) is 4.79 Å². The van der Waals surface area contributed by atoms with Crippen LogP contribution in [0.2, 0.25) is 0 Å². The van der Waals surface area contributed by atoms with Crippen LogP contribution in [0.25, 0.3) is 0 Å². The van der Waals surface area contributed by atoms with Crippen molar-refractivity contribution < 1.29 is 9.53 Å². The van der Waals surface area contributed by atoms with Gasteiger partial charge in [-0.1, -0.05) is 26.7 Å². The van der Waals surface area contributed by atoms with E-state index in [-0.39, 0.29) is 36.4 Å². The van der Waals surface area contributed by atoms with Gasteiger partial charge in [0, 0.05) is 39.2 Å². The first kappa shape index (κ1) is 24.4. The molecule has 1 amide bonds. The van der Waals surface area contributed by atoms with Crippen molar-refractivity contribution >= 4 is 35.8 Å². The van der Waals surface area contributed by atoms with Gasteiger partial charge < -0.3 is 20.3 Å². The van der Waals surface area contributed by atoms with Crippen molar-refractivity contribution in [2.45, 2.75) is 52.5 Å². The molecule has 2 unspecified atom stereocenters. The molecule has 0 radical (unpaired) electrons. The zero-order valence-corrected chi connectivity index (χ0v) is 18.8. The maximum atomic E-state index is 11.8. The summed E-state index contributed by atoms with van der Waals surface area (Å²) in [4.78, 5) is 17.8. The maximum absolute atomic E-state index is 11.8. The fourth-order valence-corrected chi connectivity index (χ4v) is 2.56. The van der Waals surface area contributed by atoms with Crippen molar-refractivity contribution in [3.63, 3.8) is 0 Å². The average Bonchev–Trinajstić information content (AvgIpc) is 3.02. The van der Waals surface area contributed by atoms with Gasteiger partial charge in [0.2, 0.25) is 5.91 Å². The second kappa shape index (κ2) is 13.6. The summed E-state index contributed by atoms with van der Waals surface area (Å²) in [5, 5.41) is 6.81. The van der Waals surface area contributed by atoms with E-state index >= 15 is 0 Å². The summed E-state index contributed by atoms with van der Waals surface area (Å²) < 4.78 is 5.41. The third-order valence-corrected chi connectivity index (χ3v) is 4.26. The van der Waals surface area contributed by atoms with E-state index in [0.29, 0.717) is 12.0 Å². The summed E-state index contributed by atoms with van der Waals surface area (Å²) in [6.45, 7) is 9.33. The number of ether oxygens (including phenoxy) is 1. The third-order valence-electron chi connectivity index (χ3n) is 4.26. The van der Waals surface area contributed by atoms with Crippen LogP contribution in [0.4, 0.5) is 0 Å². The molecule has 0 spiro atoms. The number of halogens is 1. The van der Waals surface area contributed by atoms with Crippen molar-refractivity contribution in [3.05, 3.63) is 0 Å². The van der Waals surface area contributed by atoms with Crippen LogP contribution in [-0.2, 0) is 9.53 Å². The highest BCUT2D eigenvalue weighted by molar-refractivity contribution is 14.0. The highest BCUT2D eigenvalue weighted by Gasteiger charge is 2.16. The number of hydrogen-bond donors (Lipinski definition) is 2. The Morgan fingerprint density at radius 3 is 2.56 bits per heavy atom. The lowest BCUT2D eigenvalue weighted by Crippen LogP contribution is -2.44. The van der Waals surface area contributed by atoms with Crippen LogP contribution in [0.15, 0.2) is 4.99 Å². The Kier molecular flexibility index (Phi) is 13.3. The number of carbonyl (C=O) groups excluding carboxylic acids is 1. The second-order valence-electron chi connectivity index (χ2n) is 7.43. The molecule has 25 heavy (non-hydrogen) atoms. The van der Waals surface area contributed by atoms with E-state index in [0.717, 1.165) is 44.5 Å². The molecule has 0 bridgehead atoms. The molecule has 148 valence electrons. The molecule has 1 saturated heterocycles. The average molecular weight is 468 g/mol. The highest BCUT2D eigenvalue weighted by Crippen LogP contribution is 2.11. The Bertz CT molecular complexity index is 397. The van der Waals surface area contributed by atoms with Gasteiger partial charge in [-0.25, -0.2) is 4.99 Å². The Morgan fingerprint density at radius 2 is 2.00 bits per heavy atom. The summed E-state index contributed by atoms with van der Waals surface area (Å²) in [7, 11) is 3.51. The first-order valence-corrected chi connectivity index (χ1v) is 9.21. The molecule has 1 aliphatic rings. The first-order valence-electron chi connectivity index (χ1n) is 9.21. The lowest BCUT2D eigenvalue weighted by Gasteiger charge is -2.20. The number of carbonyl (C=O) groups is 1. The molecule has 0 aromatic rings. The normalized spacial score (nSPS) is 18.6. The zero-order chi connectivity index (χ0) is 17.9. The SMILES string of the molecule is CC(C)CCCC(C)NC(=NCC(=O)N(C)C)NCC1CCOC1.I. The van der Waals surface area contributed by atoms with Crippen LogP contribution in [0.5, 0.6) is 0 Å². The second-order valence-corrected chi connectivity index (χ2v) is 7.43. The van der Waals surface area contributed by atoms with Gasteiger partial charge in [0.15, 0.2) is 5.96 Å². The predicted octanol–water partition coefficient (Wildman–Crippen LogP) is 2.48. The monoisotopic (exact) mass is 468 g/mol. The molecule has 0 aromatic heterocycles. The molecular weight excluding hydrogens is 431 g/mol. The summed E-state index contributed by atoms with van der Waals surface area (Å²) in [5.41, 5.74) is 0. The Hall–Kier alpha value is -0.570. The smallest absolute Gasteiger partial charge is 0.243 e. The highest BCUT2D eigenvalue weighted by atomic mass is 127. The standard InChI is InChI=1S/C18H36N4O2.HI/c1-14(2)7-6-8-15(3)21-18(20-12-17(23)22(4)5)19-11-16-9-10-24-13-16;/h14-16H,6-13H2,1-5H3,(H2,19,20,21);1H. The van der Waals surface area contributed by atoms with Gasteiger partial charge in [-0.3, -0.25) is 4.79 Å². The Labute approximate surface area is 170 Å². The van der Waals surface area contributed by atoms with Gasteiger partial charge in [0.1, 0.15) is 6.54 Å². The van der Waals surface area contributed by atoms with Gasteiger partial charge in [-0.15, -0.1) is 24.0 Å². The Morgan fingerprint density at radius 1 is 1.28 bits per heavy atom. The van der Waals surface area contributed by atoms with Crippen LogP contribution < -0.4 is 10.6 Å². The van der Waals surface area contributed by atoms with Gasteiger partial charge in [0.25, 0.3) is 0 Å². The summed E-state index contributed by atoms with van der Waals surface area (Å²) in [5.74, 6) is 2.00. The minimum atomic E-state index is 0. The van der Waals surface area contributed by atoms with E-state index in [2.05, 4.69) is 36.4 Å². The van der Waals surface area contributed by atoms with Crippen molar-refractivity contribution in [1.29, 1.82) is 0 Å². The van der Waals surface area contributed by atoms with E-state index in [4.69, 9.17) is 4.74 Å². The lowest BCUT2D eigenvalue weighted by molar-refractivity contribution is -0.127. The molecule has 2 atom stereocenters. The number of hydrogen-bond acceptors (Lipinski definition) is 3. The minimum absolute atomic E-state index is 0. The molecule has 0 aliphatic carbocycles. The van der Waals surface area contributed by atoms with Crippen molar-refractivity contribution in [2.24, 2.45) is 16.8 Å². The molecular formula is C18H37IN4O2. The zero-order valence-electron chi connectivity index (χ0n) is 16.5. The van der Waals surface area contributed by atoms with Gasteiger partial charge >= 0.3 is 0 Å². The minimum Gasteiger partial charge on any atom is -0.381 e. The molecule has 1 fully saturated rings. The molecule has 7 heteroatoms. The van der Waals surface area contributed by atoms with Crippen LogP contribution in [0.3, 0.4) is 0 Å². The van der Waals surface area contributed by atoms with Gasteiger partial charge in [-0.05, 0) is 25.7 Å². The van der Waals surface area contributed by atoms with Crippen molar-refractivity contribution in [3.8, 4) is 0 Å². The predicted molar refractivity (Wildman–Crippen MR) is 115 cm³/mol. The fourth-order valence-electron chi connectivity index (χ4n) is 2.56. The molecule has 1 heterocycles. The molecule has 0 aromatic carbocycles. The number of guanidine groups is 1. The van der Waals surface area contributed by atoms with E-state index in [1.165, 1.54) is 12.8 Å². The molecule has 2 N–H and O–H groups in total. The summed E-state index contributed by atoms with van der Waals surface area (Å²) >= 11 is 0. The number of amides is 1. The van der Waals surface area contributed by atoms with Crippen molar-refractivity contribution in [1.82, 2.24) is 15.5 Å². The molecule has 1 aliphatic heterocycles. The number of likely N-dealkylation sites (N-methyl/N-ethyl adjacent to an activating group) is 1. The number of nitrogens with zero attached hydrogens (tertiary/aromatic N) is 2. The van der Waals surface area contributed by atoms with E-state index < -0.39 is 0 Å². The van der Waals surface area contributed by atoms with Crippen LogP contribution in [0, 0.1) is 11.8 Å². The quantitative estimate of drug-likeness (QED) is 0.310. The first-order chi connectivity index (χ1) is 11.4. The number of nitrogens with one attached hydrogen (secondary N) is 2. The van der Waals surface area contributed by atoms with Gasteiger partial charge in [0.05, 0.1) is 6.61 Å².